The standard InChI is InChI=1S/C11H7FO5S/c12-18(16,17)8-5-6-3-1-2-4-7(6)10(13)9(8)11(14)15/h1-5,13H,(H,14,15). The summed E-state index contributed by atoms with van der Waals surface area (Å²) in [5.74, 6) is -2.48. The van der Waals surface area contributed by atoms with Gasteiger partial charge in [0, 0.05) is 5.39 Å². The summed E-state index contributed by atoms with van der Waals surface area (Å²) < 4.78 is 34.9. The lowest BCUT2D eigenvalue weighted by Gasteiger charge is -2.08. The lowest BCUT2D eigenvalue weighted by Crippen LogP contribution is -2.06. The van der Waals surface area contributed by atoms with Crippen LogP contribution in [0.2, 0.25) is 0 Å². The highest BCUT2D eigenvalue weighted by Crippen LogP contribution is 2.34. The molecule has 2 rings (SSSR count). The normalized spacial score (nSPS) is 11.6. The Morgan fingerprint density at radius 3 is 2.39 bits per heavy atom. The molecule has 5 nitrogen and oxygen atoms in total. The first-order valence-electron chi connectivity index (χ1n) is 4.75. The van der Waals surface area contributed by atoms with Gasteiger partial charge in [-0.25, -0.2) is 4.79 Å². The van der Waals surface area contributed by atoms with Crippen molar-refractivity contribution in [2.24, 2.45) is 0 Å². The zero-order valence-electron chi connectivity index (χ0n) is 8.79. The zero-order valence-corrected chi connectivity index (χ0v) is 9.61. The van der Waals surface area contributed by atoms with E-state index in [1.807, 2.05) is 0 Å². The predicted molar refractivity (Wildman–Crippen MR) is 60.9 cm³/mol. The molecule has 0 aromatic heterocycles. The second-order valence-corrected chi connectivity index (χ2v) is 4.88. The Morgan fingerprint density at radius 2 is 1.83 bits per heavy atom. The van der Waals surface area contributed by atoms with E-state index in [4.69, 9.17) is 5.11 Å². The Morgan fingerprint density at radius 1 is 1.22 bits per heavy atom. The Bertz CT molecular complexity index is 751. The number of hydrogen-bond acceptors (Lipinski definition) is 4. The molecule has 18 heavy (non-hydrogen) atoms. The summed E-state index contributed by atoms with van der Waals surface area (Å²) in [4.78, 5) is 9.89. The third-order valence-electron chi connectivity index (χ3n) is 2.46. The zero-order chi connectivity index (χ0) is 13.5. The summed E-state index contributed by atoms with van der Waals surface area (Å²) in [6.45, 7) is 0. The van der Waals surface area contributed by atoms with Gasteiger partial charge in [-0.15, -0.1) is 3.89 Å². The molecule has 7 heteroatoms. The van der Waals surface area contributed by atoms with Crippen molar-refractivity contribution >= 4 is 27.0 Å². The monoisotopic (exact) mass is 270 g/mol. The number of phenols is 1. The van der Waals surface area contributed by atoms with E-state index in [1.165, 1.54) is 18.2 Å². The molecular weight excluding hydrogens is 263 g/mol. The summed E-state index contributed by atoms with van der Waals surface area (Å²) in [6.07, 6.45) is 0. The van der Waals surface area contributed by atoms with Crippen molar-refractivity contribution in [2.75, 3.05) is 0 Å². The maximum atomic E-state index is 13.0. The lowest BCUT2D eigenvalue weighted by atomic mass is 10.1. The molecule has 0 heterocycles. The highest BCUT2D eigenvalue weighted by molar-refractivity contribution is 7.86. The van der Waals surface area contributed by atoms with Gasteiger partial charge in [0.2, 0.25) is 0 Å². The largest absolute Gasteiger partial charge is 0.506 e. The Balaban J connectivity index is 3.02. The number of benzene rings is 2. The Kier molecular flexibility index (Phi) is 2.70. The van der Waals surface area contributed by atoms with E-state index in [0.717, 1.165) is 6.07 Å². The van der Waals surface area contributed by atoms with Crippen molar-refractivity contribution in [3.8, 4) is 5.75 Å². The summed E-state index contributed by atoms with van der Waals surface area (Å²) in [7, 11) is -5.23. The van der Waals surface area contributed by atoms with Gasteiger partial charge in [-0.2, -0.15) is 8.42 Å². The number of carboxylic acid groups (broad SMARTS) is 1. The third kappa shape index (κ3) is 1.88. The molecule has 0 spiro atoms. The molecule has 0 aliphatic rings. The Hall–Kier alpha value is -2.15. The molecule has 94 valence electrons. The number of aromatic carboxylic acids is 1. The predicted octanol–water partition coefficient (Wildman–Crippen LogP) is 1.90. The van der Waals surface area contributed by atoms with E-state index in [0.29, 0.717) is 0 Å². The van der Waals surface area contributed by atoms with Gasteiger partial charge in [-0.1, -0.05) is 24.3 Å². The molecule has 0 aliphatic heterocycles. The summed E-state index contributed by atoms with van der Waals surface area (Å²) in [5, 5.41) is 19.0. The number of carboxylic acids is 1. The smallest absolute Gasteiger partial charge is 0.340 e. The highest BCUT2D eigenvalue weighted by atomic mass is 32.3. The molecule has 0 atom stereocenters. The van der Waals surface area contributed by atoms with Crippen molar-refractivity contribution in [2.45, 2.75) is 4.90 Å². The topological polar surface area (TPSA) is 91.7 Å². The molecule has 0 fully saturated rings. The average molecular weight is 270 g/mol. The van der Waals surface area contributed by atoms with Crippen LogP contribution in [0.1, 0.15) is 10.4 Å². The van der Waals surface area contributed by atoms with Gasteiger partial charge >= 0.3 is 16.2 Å². The minimum atomic E-state index is -5.23. The fraction of sp³-hybridized carbons (Fsp3) is 0. The summed E-state index contributed by atoms with van der Waals surface area (Å²) in [5.41, 5.74) is -0.962. The number of halogens is 1. The number of carbonyl (C=O) groups is 1. The minimum Gasteiger partial charge on any atom is -0.506 e. The second-order valence-electron chi connectivity index (χ2n) is 3.56. The summed E-state index contributed by atoms with van der Waals surface area (Å²) >= 11 is 0. The van der Waals surface area contributed by atoms with Crippen LogP contribution in [-0.2, 0) is 10.2 Å². The minimum absolute atomic E-state index is 0.141. The van der Waals surface area contributed by atoms with Crippen LogP contribution < -0.4 is 0 Å². The van der Waals surface area contributed by atoms with E-state index < -0.39 is 32.4 Å². The molecule has 2 N–H and O–H groups in total. The van der Waals surface area contributed by atoms with Crippen LogP contribution in [0.25, 0.3) is 10.8 Å². The van der Waals surface area contributed by atoms with Crippen LogP contribution in [-0.4, -0.2) is 24.6 Å². The maximum Gasteiger partial charge on any atom is 0.340 e. The van der Waals surface area contributed by atoms with Crippen LogP contribution in [0.5, 0.6) is 5.75 Å². The molecule has 2 aromatic rings. The van der Waals surface area contributed by atoms with Crippen LogP contribution in [0, 0.1) is 0 Å². The van der Waals surface area contributed by atoms with Crippen molar-refractivity contribution in [1.82, 2.24) is 0 Å². The maximum absolute atomic E-state index is 13.0. The molecule has 2 aromatic carbocycles. The van der Waals surface area contributed by atoms with Gasteiger partial charge in [0.15, 0.2) is 0 Å². The van der Waals surface area contributed by atoms with E-state index in [9.17, 15) is 22.2 Å². The summed E-state index contributed by atoms with van der Waals surface area (Å²) in [6, 6.07) is 6.82. The molecule has 0 saturated heterocycles. The number of fused-ring (bicyclic) bond motifs is 1. The first kappa shape index (κ1) is 12.3. The average Bonchev–Trinajstić information content (AvgIpc) is 2.27. The van der Waals surface area contributed by atoms with Crippen molar-refractivity contribution < 1.29 is 27.3 Å². The van der Waals surface area contributed by atoms with Gasteiger partial charge in [0.1, 0.15) is 16.2 Å². The van der Waals surface area contributed by atoms with E-state index >= 15 is 0 Å². The van der Waals surface area contributed by atoms with Crippen molar-refractivity contribution in [3.05, 3.63) is 35.9 Å². The first-order valence-corrected chi connectivity index (χ1v) is 6.13. The second kappa shape index (κ2) is 3.95. The first-order chi connectivity index (χ1) is 8.32. The fourth-order valence-corrected chi connectivity index (χ4v) is 2.40. The van der Waals surface area contributed by atoms with Crippen molar-refractivity contribution in [1.29, 1.82) is 0 Å². The molecule has 0 unspecified atom stereocenters. The number of aromatic hydroxyl groups is 1. The van der Waals surface area contributed by atoms with Crippen molar-refractivity contribution in [3.63, 3.8) is 0 Å². The van der Waals surface area contributed by atoms with Crippen LogP contribution in [0.3, 0.4) is 0 Å². The van der Waals surface area contributed by atoms with Crippen LogP contribution >= 0.6 is 0 Å². The highest BCUT2D eigenvalue weighted by Gasteiger charge is 2.27. The molecule has 0 aliphatic carbocycles. The molecule has 0 radical (unpaired) electrons. The molecule has 0 bridgehead atoms. The van der Waals surface area contributed by atoms with Gasteiger partial charge in [0.25, 0.3) is 0 Å². The lowest BCUT2D eigenvalue weighted by molar-refractivity contribution is 0.0689. The van der Waals surface area contributed by atoms with E-state index in [2.05, 4.69) is 0 Å². The number of hydrogen-bond donors (Lipinski definition) is 2. The van der Waals surface area contributed by atoms with Crippen LogP contribution in [0.4, 0.5) is 3.89 Å². The van der Waals surface area contributed by atoms with E-state index in [1.54, 1.807) is 6.07 Å². The van der Waals surface area contributed by atoms with Gasteiger partial charge in [-0.3, -0.25) is 0 Å². The number of rotatable bonds is 2. The molecule has 0 amide bonds. The fourth-order valence-electron chi connectivity index (χ4n) is 1.70. The van der Waals surface area contributed by atoms with E-state index in [-0.39, 0.29) is 10.8 Å². The molecular formula is C11H7FO5S. The quantitative estimate of drug-likeness (QED) is 0.813. The van der Waals surface area contributed by atoms with Gasteiger partial charge in [0.05, 0.1) is 0 Å². The van der Waals surface area contributed by atoms with Gasteiger partial charge < -0.3 is 10.2 Å². The van der Waals surface area contributed by atoms with Gasteiger partial charge in [-0.05, 0) is 11.5 Å². The Labute approximate surface area is 101 Å². The van der Waals surface area contributed by atoms with Crippen LogP contribution in [0.15, 0.2) is 35.2 Å². The molecule has 0 saturated carbocycles. The third-order valence-corrected chi connectivity index (χ3v) is 3.31. The SMILES string of the molecule is O=C(O)c1c(S(=O)(=O)F)cc2ccccc2c1O.